The molecule has 0 radical (unpaired) electrons. The first-order chi connectivity index (χ1) is 14.2. The van der Waals surface area contributed by atoms with Gasteiger partial charge in [0.25, 0.3) is 5.91 Å². The normalized spacial score (nSPS) is 21.6. The van der Waals surface area contributed by atoms with Crippen LogP contribution in [0.5, 0.6) is 0 Å². The average molecular weight is 403 g/mol. The first-order valence-corrected chi connectivity index (χ1v) is 10.0. The quantitative estimate of drug-likeness (QED) is 0.593. The standard InChI is InChI=1S/C22H29NO6/c1-3-27-22-16(8-6-11-24)17(13-20(29-22)21(25)23-10-12-26-2)18-14-28-19-9-5-4-7-15(18)19/h4-5,7,9,13-14,16-17,22,24H,3,6,8,10-12H2,1-2H3,(H,23,25). The third-order valence-corrected chi connectivity index (χ3v) is 5.10. The Morgan fingerprint density at radius 2 is 2.14 bits per heavy atom. The van der Waals surface area contributed by atoms with E-state index >= 15 is 0 Å². The van der Waals surface area contributed by atoms with Crippen LogP contribution < -0.4 is 5.32 Å². The summed E-state index contributed by atoms with van der Waals surface area (Å²) in [5.41, 5.74) is 1.78. The van der Waals surface area contributed by atoms with Gasteiger partial charge in [0.15, 0.2) is 5.76 Å². The first-order valence-electron chi connectivity index (χ1n) is 10.0. The van der Waals surface area contributed by atoms with E-state index in [-0.39, 0.29) is 30.1 Å². The molecule has 158 valence electrons. The van der Waals surface area contributed by atoms with Crippen LogP contribution in [0.15, 0.2) is 46.8 Å². The van der Waals surface area contributed by atoms with Crippen LogP contribution in [-0.2, 0) is 19.0 Å². The molecule has 2 heterocycles. The lowest BCUT2D eigenvalue weighted by Crippen LogP contribution is -2.39. The predicted octanol–water partition coefficient (Wildman–Crippen LogP) is 2.94. The second-order valence-corrected chi connectivity index (χ2v) is 6.96. The van der Waals surface area contributed by atoms with Crippen molar-refractivity contribution in [3.8, 4) is 0 Å². The predicted molar refractivity (Wildman–Crippen MR) is 108 cm³/mol. The molecule has 1 aliphatic heterocycles. The Morgan fingerprint density at radius 1 is 1.31 bits per heavy atom. The maximum Gasteiger partial charge on any atom is 0.286 e. The smallest absolute Gasteiger partial charge is 0.286 e. The molecule has 1 aliphatic rings. The number of nitrogens with one attached hydrogen (secondary N) is 1. The number of fused-ring (bicyclic) bond motifs is 1. The molecule has 0 saturated carbocycles. The van der Waals surface area contributed by atoms with Crippen molar-refractivity contribution in [3.63, 3.8) is 0 Å². The van der Waals surface area contributed by atoms with Crippen LogP contribution >= 0.6 is 0 Å². The van der Waals surface area contributed by atoms with Crippen molar-refractivity contribution in [1.29, 1.82) is 0 Å². The van der Waals surface area contributed by atoms with Gasteiger partial charge in [0.05, 0.1) is 12.9 Å². The molecule has 7 nitrogen and oxygen atoms in total. The molecule has 0 aliphatic carbocycles. The maximum absolute atomic E-state index is 12.6. The van der Waals surface area contributed by atoms with Gasteiger partial charge in [-0.25, -0.2) is 0 Å². The van der Waals surface area contributed by atoms with E-state index in [2.05, 4.69) is 5.32 Å². The van der Waals surface area contributed by atoms with Crippen LogP contribution in [0, 0.1) is 5.92 Å². The van der Waals surface area contributed by atoms with Gasteiger partial charge in [-0.3, -0.25) is 4.79 Å². The number of allylic oxidation sites excluding steroid dienone is 1. The SMILES string of the molecule is CCOC1OC(C(=O)NCCOC)=CC(c2coc3ccccc23)C1CCCO. The number of aliphatic hydroxyl groups is 1. The highest BCUT2D eigenvalue weighted by molar-refractivity contribution is 5.92. The van der Waals surface area contributed by atoms with E-state index in [9.17, 15) is 9.90 Å². The Hall–Kier alpha value is -2.35. The number of methoxy groups -OCH3 is 1. The minimum atomic E-state index is -0.585. The zero-order valence-corrected chi connectivity index (χ0v) is 16.9. The topological polar surface area (TPSA) is 90.2 Å². The molecule has 2 aromatic rings. The fourth-order valence-corrected chi connectivity index (χ4v) is 3.73. The molecule has 0 spiro atoms. The largest absolute Gasteiger partial charge is 0.464 e. The first kappa shape index (κ1) is 21.4. The highest BCUT2D eigenvalue weighted by atomic mass is 16.7. The van der Waals surface area contributed by atoms with Gasteiger partial charge in [-0.05, 0) is 31.9 Å². The molecule has 29 heavy (non-hydrogen) atoms. The summed E-state index contributed by atoms with van der Waals surface area (Å²) in [6.45, 7) is 3.25. The minimum Gasteiger partial charge on any atom is -0.464 e. The van der Waals surface area contributed by atoms with Crippen LogP contribution in [0.4, 0.5) is 0 Å². The summed E-state index contributed by atoms with van der Waals surface area (Å²) in [6, 6.07) is 7.82. The van der Waals surface area contributed by atoms with Crippen LogP contribution in [0.25, 0.3) is 11.0 Å². The highest BCUT2D eigenvalue weighted by Crippen LogP contribution is 2.42. The Labute approximate surface area is 170 Å². The molecule has 0 fully saturated rings. The molecule has 3 rings (SSSR count). The van der Waals surface area contributed by atoms with Crippen LogP contribution in [0.1, 0.15) is 31.2 Å². The molecule has 1 aromatic carbocycles. The number of hydrogen-bond acceptors (Lipinski definition) is 6. The number of furan rings is 1. The Kier molecular flexibility index (Phi) is 7.69. The van der Waals surface area contributed by atoms with Gasteiger partial charge in [0.1, 0.15) is 5.58 Å². The Morgan fingerprint density at radius 3 is 2.90 bits per heavy atom. The van der Waals surface area contributed by atoms with E-state index in [4.69, 9.17) is 18.6 Å². The monoisotopic (exact) mass is 403 g/mol. The summed E-state index contributed by atoms with van der Waals surface area (Å²) in [7, 11) is 1.58. The number of carbonyl (C=O) groups is 1. The van der Waals surface area contributed by atoms with Crippen molar-refractivity contribution in [1.82, 2.24) is 5.32 Å². The molecule has 2 N–H and O–H groups in total. The van der Waals surface area contributed by atoms with E-state index in [0.29, 0.717) is 32.6 Å². The van der Waals surface area contributed by atoms with Gasteiger partial charge in [0.2, 0.25) is 6.29 Å². The number of amides is 1. The van der Waals surface area contributed by atoms with Crippen molar-refractivity contribution in [2.45, 2.75) is 32.0 Å². The number of carbonyl (C=O) groups excluding carboxylic acids is 1. The molecule has 3 unspecified atom stereocenters. The van der Waals surface area contributed by atoms with Gasteiger partial charge in [-0.15, -0.1) is 0 Å². The van der Waals surface area contributed by atoms with E-state index in [0.717, 1.165) is 16.5 Å². The van der Waals surface area contributed by atoms with Gasteiger partial charge in [-0.2, -0.15) is 0 Å². The highest BCUT2D eigenvalue weighted by Gasteiger charge is 2.39. The van der Waals surface area contributed by atoms with E-state index in [1.165, 1.54) is 0 Å². The molecule has 1 aromatic heterocycles. The molecular formula is C22H29NO6. The maximum atomic E-state index is 12.6. The average Bonchev–Trinajstić information content (AvgIpc) is 3.16. The van der Waals surface area contributed by atoms with Crippen LogP contribution in [-0.4, -0.2) is 50.8 Å². The lowest BCUT2D eigenvalue weighted by molar-refractivity contribution is -0.166. The fourth-order valence-electron chi connectivity index (χ4n) is 3.73. The Balaban J connectivity index is 1.97. The van der Waals surface area contributed by atoms with Crippen molar-refractivity contribution in [2.24, 2.45) is 5.92 Å². The van der Waals surface area contributed by atoms with Crippen LogP contribution in [0.2, 0.25) is 0 Å². The van der Waals surface area contributed by atoms with E-state index < -0.39 is 6.29 Å². The lowest BCUT2D eigenvalue weighted by Gasteiger charge is -2.36. The van der Waals surface area contributed by atoms with Gasteiger partial charge >= 0.3 is 0 Å². The zero-order valence-electron chi connectivity index (χ0n) is 16.9. The molecule has 0 saturated heterocycles. The van der Waals surface area contributed by atoms with Gasteiger partial charge in [-0.1, -0.05) is 18.2 Å². The van der Waals surface area contributed by atoms with Crippen LogP contribution in [0.3, 0.4) is 0 Å². The number of ether oxygens (including phenoxy) is 3. The van der Waals surface area contributed by atoms with Crippen molar-refractivity contribution < 1.29 is 28.5 Å². The lowest BCUT2D eigenvalue weighted by atomic mass is 9.80. The summed E-state index contributed by atoms with van der Waals surface area (Å²) >= 11 is 0. The summed E-state index contributed by atoms with van der Waals surface area (Å²) in [6.07, 6.45) is 4.32. The second-order valence-electron chi connectivity index (χ2n) is 6.96. The number of rotatable bonds is 10. The minimum absolute atomic E-state index is 0.0568. The summed E-state index contributed by atoms with van der Waals surface area (Å²) < 4.78 is 22.5. The van der Waals surface area contributed by atoms with Crippen molar-refractivity contribution in [2.75, 3.05) is 33.5 Å². The van der Waals surface area contributed by atoms with Gasteiger partial charge < -0.3 is 29.1 Å². The number of aliphatic hydroxyl groups excluding tert-OH is 1. The molecular weight excluding hydrogens is 374 g/mol. The molecule has 3 atom stereocenters. The summed E-state index contributed by atoms with van der Waals surface area (Å²) in [4.78, 5) is 12.6. The molecule has 1 amide bonds. The summed E-state index contributed by atoms with van der Waals surface area (Å²) in [5.74, 6) is -0.266. The van der Waals surface area contributed by atoms with Gasteiger partial charge in [0, 0.05) is 49.7 Å². The number of para-hydroxylation sites is 1. The number of benzene rings is 1. The third kappa shape index (κ3) is 4.98. The second kappa shape index (κ2) is 10.4. The van der Waals surface area contributed by atoms with E-state index in [1.807, 2.05) is 37.3 Å². The Bertz CT molecular complexity index is 830. The third-order valence-electron chi connectivity index (χ3n) is 5.10. The zero-order chi connectivity index (χ0) is 20.6. The fraction of sp³-hybridized carbons (Fsp3) is 0.500. The molecule has 7 heteroatoms. The van der Waals surface area contributed by atoms with E-state index in [1.54, 1.807) is 13.4 Å². The van der Waals surface area contributed by atoms with Crippen molar-refractivity contribution >= 4 is 16.9 Å². The molecule has 0 bridgehead atoms. The van der Waals surface area contributed by atoms with Crippen molar-refractivity contribution in [3.05, 3.63) is 47.9 Å². The summed E-state index contributed by atoms with van der Waals surface area (Å²) in [5, 5.41) is 13.2. The number of hydrogen-bond donors (Lipinski definition) is 2.